The maximum absolute atomic E-state index is 11.5. The zero-order chi connectivity index (χ0) is 12.0. The van der Waals surface area contributed by atoms with Gasteiger partial charge in [-0.15, -0.1) is 0 Å². The van der Waals surface area contributed by atoms with Crippen LogP contribution in [0.2, 0.25) is 0 Å². The smallest absolute Gasteiger partial charge is 0.304 e. The number of likely N-dealkylation sites (N-methyl/N-ethyl adjacent to an activating group) is 1. The van der Waals surface area contributed by atoms with Gasteiger partial charge in [-0.05, 0) is 27.8 Å². The second kappa shape index (κ2) is 6.40. The van der Waals surface area contributed by atoms with E-state index in [9.17, 15) is 9.59 Å². The summed E-state index contributed by atoms with van der Waals surface area (Å²) in [5.74, 6) is -0.920. The van der Waals surface area contributed by atoms with E-state index >= 15 is 0 Å². The number of aliphatic carboxylic acids is 1. The number of nitrogens with one attached hydrogen (secondary N) is 1. The summed E-state index contributed by atoms with van der Waals surface area (Å²) in [4.78, 5) is 23.6. The van der Waals surface area contributed by atoms with Gasteiger partial charge in [-0.1, -0.05) is 0 Å². The molecule has 0 rings (SSSR count). The van der Waals surface area contributed by atoms with Crippen molar-refractivity contribution in [1.29, 1.82) is 0 Å². The molecule has 1 atom stereocenters. The molecule has 88 valence electrons. The standard InChI is InChI=1S/C10H20N2O3/c1-7(2)11-10(15)8(3)12(4)6-5-9(13)14/h7-8H,5-6H2,1-4H3,(H,11,15)(H,13,14). The molecule has 0 saturated heterocycles. The van der Waals surface area contributed by atoms with Gasteiger partial charge in [-0.2, -0.15) is 0 Å². The predicted octanol–water partition coefficient (Wildman–Crippen LogP) is 0.306. The van der Waals surface area contributed by atoms with Crippen molar-refractivity contribution in [3.05, 3.63) is 0 Å². The molecule has 0 saturated carbocycles. The molecule has 0 aromatic carbocycles. The van der Waals surface area contributed by atoms with E-state index in [0.717, 1.165) is 0 Å². The lowest BCUT2D eigenvalue weighted by Crippen LogP contribution is -2.46. The van der Waals surface area contributed by atoms with E-state index in [0.29, 0.717) is 6.54 Å². The SMILES string of the molecule is CC(C)NC(=O)C(C)N(C)CCC(=O)O. The first-order valence-electron chi connectivity index (χ1n) is 5.07. The monoisotopic (exact) mass is 216 g/mol. The van der Waals surface area contributed by atoms with Crippen LogP contribution in [-0.4, -0.2) is 47.6 Å². The number of carboxylic acids is 1. The van der Waals surface area contributed by atoms with Crippen LogP contribution in [0.4, 0.5) is 0 Å². The van der Waals surface area contributed by atoms with Gasteiger partial charge in [0.1, 0.15) is 0 Å². The number of rotatable bonds is 6. The molecule has 0 aliphatic carbocycles. The summed E-state index contributed by atoms with van der Waals surface area (Å²) in [6, 6.07) is -0.195. The van der Waals surface area contributed by atoms with Gasteiger partial charge >= 0.3 is 5.97 Å². The van der Waals surface area contributed by atoms with E-state index in [1.165, 1.54) is 0 Å². The number of hydrogen-bond donors (Lipinski definition) is 2. The van der Waals surface area contributed by atoms with Gasteiger partial charge in [0.2, 0.25) is 5.91 Å². The molecule has 0 fully saturated rings. The van der Waals surface area contributed by atoms with Gasteiger partial charge in [0.15, 0.2) is 0 Å². The molecule has 0 aliphatic rings. The number of nitrogens with zero attached hydrogens (tertiary/aromatic N) is 1. The maximum atomic E-state index is 11.5. The first-order chi connectivity index (χ1) is 6.84. The van der Waals surface area contributed by atoms with E-state index in [1.54, 1.807) is 18.9 Å². The molecular weight excluding hydrogens is 196 g/mol. The highest BCUT2D eigenvalue weighted by Crippen LogP contribution is 1.98. The topological polar surface area (TPSA) is 69.6 Å². The zero-order valence-corrected chi connectivity index (χ0v) is 9.78. The maximum Gasteiger partial charge on any atom is 0.304 e. The Balaban J connectivity index is 4.01. The summed E-state index contributed by atoms with van der Waals surface area (Å²) in [6.45, 7) is 5.92. The number of amides is 1. The first kappa shape index (κ1) is 13.9. The highest BCUT2D eigenvalue weighted by atomic mass is 16.4. The van der Waals surface area contributed by atoms with Gasteiger partial charge in [0, 0.05) is 12.6 Å². The molecule has 0 aromatic heterocycles. The molecule has 0 aromatic rings. The van der Waals surface area contributed by atoms with Gasteiger partial charge in [0.05, 0.1) is 12.5 Å². The Labute approximate surface area is 90.5 Å². The van der Waals surface area contributed by atoms with Crippen LogP contribution in [-0.2, 0) is 9.59 Å². The third kappa shape index (κ3) is 6.06. The number of hydrogen-bond acceptors (Lipinski definition) is 3. The van der Waals surface area contributed by atoms with Crippen molar-refractivity contribution in [2.45, 2.75) is 39.3 Å². The Morgan fingerprint density at radius 1 is 1.33 bits per heavy atom. The van der Waals surface area contributed by atoms with Crippen LogP contribution in [0.5, 0.6) is 0 Å². The summed E-state index contributed by atoms with van der Waals surface area (Å²) in [6.07, 6.45) is 0.0514. The van der Waals surface area contributed by atoms with Crippen molar-refractivity contribution < 1.29 is 14.7 Å². The second-order valence-electron chi connectivity index (χ2n) is 3.96. The van der Waals surface area contributed by atoms with Crippen LogP contribution in [0.3, 0.4) is 0 Å². The Kier molecular flexibility index (Phi) is 5.93. The summed E-state index contributed by atoms with van der Waals surface area (Å²) >= 11 is 0. The van der Waals surface area contributed by atoms with Crippen molar-refractivity contribution in [2.75, 3.05) is 13.6 Å². The lowest BCUT2D eigenvalue weighted by molar-refractivity contribution is -0.138. The normalized spacial score (nSPS) is 12.9. The Morgan fingerprint density at radius 3 is 2.27 bits per heavy atom. The van der Waals surface area contributed by atoms with E-state index in [1.807, 2.05) is 13.8 Å². The predicted molar refractivity (Wildman–Crippen MR) is 57.6 cm³/mol. The molecule has 0 spiro atoms. The molecular formula is C10H20N2O3. The molecule has 0 heterocycles. The van der Waals surface area contributed by atoms with Crippen LogP contribution in [0, 0.1) is 0 Å². The van der Waals surface area contributed by atoms with Crippen molar-refractivity contribution in [3.8, 4) is 0 Å². The first-order valence-corrected chi connectivity index (χ1v) is 5.07. The summed E-state index contributed by atoms with van der Waals surface area (Å²) in [5, 5.41) is 11.3. The minimum atomic E-state index is -0.849. The number of carbonyl (C=O) groups excluding carboxylic acids is 1. The number of carboxylic acid groups (broad SMARTS) is 1. The average molecular weight is 216 g/mol. The number of carbonyl (C=O) groups is 2. The van der Waals surface area contributed by atoms with E-state index < -0.39 is 5.97 Å². The molecule has 0 bridgehead atoms. The van der Waals surface area contributed by atoms with Crippen LogP contribution in [0.25, 0.3) is 0 Å². The van der Waals surface area contributed by atoms with Crippen LogP contribution < -0.4 is 5.32 Å². The quantitative estimate of drug-likeness (QED) is 0.670. The summed E-state index contributed by atoms with van der Waals surface area (Å²) in [5.41, 5.74) is 0. The van der Waals surface area contributed by atoms with Crippen molar-refractivity contribution >= 4 is 11.9 Å². The third-order valence-corrected chi connectivity index (χ3v) is 2.15. The molecule has 15 heavy (non-hydrogen) atoms. The van der Waals surface area contributed by atoms with Crippen LogP contribution in [0.1, 0.15) is 27.2 Å². The highest BCUT2D eigenvalue weighted by Gasteiger charge is 2.18. The van der Waals surface area contributed by atoms with E-state index in [4.69, 9.17) is 5.11 Å². The molecule has 1 amide bonds. The van der Waals surface area contributed by atoms with Gasteiger partial charge in [-0.25, -0.2) is 0 Å². The molecule has 0 radical (unpaired) electrons. The zero-order valence-electron chi connectivity index (χ0n) is 9.78. The van der Waals surface area contributed by atoms with E-state index in [-0.39, 0.29) is 24.4 Å². The van der Waals surface area contributed by atoms with Crippen molar-refractivity contribution in [1.82, 2.24) is 10.2 Å². The van der Waals surface area contributed by atoms with Gasteiger partial charge in [0.25, 0.3) is 0 Å². The fourth-order valence-corrected chi connectivity index (χ4v) is 1.07. The van der Waals surface area contributed by atoms with Gasteiger partial charge in [-0.3, -0.25) is 14.5 Å². The van der Waals surface area contributed by atoms with Crippen molar-refractivity contribution in [2.24, 2.45) is 0 Å². The summed E-state index contributed by atoms with van der Waals surface area (Å²) < 4.78 is 0. The molecule has 1 unspecified atom stereocenters. The molecule has 5 heteroatoms. The Bertz CT molecular complexity index is 229. The molecule has 0 aliphatic heterocycles. The molecule has 2 N–H and O–H groups in total. The lowest BCUT2D eigenvalue weighted by Gasteiger charge is -2.24. The Hall–Kier alpha value is -1.10. The molecule has 5 nitrogen and oxygen atoms in total. The minimum absolute atomic E-state index is 0.0514. The van der Waals surface area contributed by atoms with Crippen molar-refractivity contribution in [3.63, 3.8) is 0 Å². The fraction of sp³-hybridized carbons (Fsp3) is 0.800. The largest absolute Gasteiger partial charge is 0.481 e. The minimum Gasteiger partial charge on any atom is -0.481 e. The van der Waals surface area contributed by atoms with Crippen LogP contribution in [0.15, 0.2) is 0 Å². The fourth-order valence-electron chi connectivity index (χ4n) is 1.07. The average Bonchev–Trinajstić information content (AvgIpc) is 2.11. The Morgan fingerprint density at radius 2 is 1.87 bits per heavy atom. The van der Waals surface area contributed by atoms with Gasteiger partial charge < -0.3 is 10.4 Å². The lowest BCUT2D eigenvalue weighted by atomic mass is 10.2. The summed E-state index contributed by atoms with van der Waals surface area (Å²) in [7, 11) is 1.74. The van der Waals surface area contributed by atoms with Crippen LogP contribution >= 0.6 is 0 Å². The van der Waals surface area contributed by atoms with E-state index in [2.05, 4.69) is 5.32 Å². The highest BCUT2D eigenvalue weighted by molar-refractivity contribution is 5.81. The third-order valence-electron chi connectivity index (χ3n) is 2.15. The second-order valence-corrected chi connectivity index (χ2v) is 3.96.